The van der Waals surface area contributed by atoms with E-state index < -0.39 is 0 Å². The molecule has 2 nitrogen and oxygen atoms in total. The van der Waals surface area contributed by atoms with Crippen molar-refractivity contribution in [2.24, 2.45) is 0 Å². The number of rotatable bonds is 2. The highest BCUT2D eigenvalue weighted by atomic mass is 16.1. The molecule has 1 heterocycles. The summed E-state index contributed by atoms with van der Waals surface area (Å²) in [5.74, 6) is 0. The topological polar surface area (TPSA) is 22.0 Å². The molecular weight excluding hydrogens is 474 g/mol. The highest BCUT2D eigenvalue weighted by molar-refractivity contribution is 6.27. The normalized spacial score (nSPS) is 11.7. The summed E-state index contributed by atoms with van der Waals surface area (Å²) < 4.78 is 1.93. The Morgan fingerprint density at radius 3 is 1.56 bits per heavy atom. The minimum atomic E-state index is -0.00435. The number of aromatic nitrogens is 1. The second-order valence-corrected chi connectivity index (χ2v) is 10.1. The Bertz CT molecular complexity index is 2250. The van der Waals surface area contributed by atoms with E-state index in [4.69, 9.17) is 0 Å². The van der Waals surface area contributed by atoms with Gasteiger partial charge in [0.15, 0.2) is 0 Å². The van der Waals surface area contributed by atoms with Crippen molar-refractivity contribution in [2.75, 3.05) is 0 Å². The average Bonchev–Trinajstić information content (AvgIpc) is 3.01. The molecule has 0 N–H and O–H groups in total. The highest BCUT2D eigenvalue weighted by Crippen LogP contribution is 2.39. The number of nitrogens with zero attached hydrogens (tertiary/aromatic N) is 1. The smallest absolute Gasteiger partial charge is 0.263 e. The fraction of sp³-hybridized carbons (Fsp3) is 0. The van der Waals surface area contributed by atoms with E-state index in [1.165, 1.54) is 16.2 Å². The van der Waals surface area contributed by atoms with E-state index >= 15 is 0 Å². The Morgan fingerprint density at radius 1 is 0.385 bits per heavy atom. The van der Waals surface area contributed by atoms with Crippen LogP contribution in [0.1, 0.15) is 0 Å². The molecule has 0 fully saturated rings. The maximum absolute atomic E-state index is 14.3. The fourth-order valence-corrected chi connectivity index (χ4v) is 6.25. The molecule has 7 aromatic carbocycles. The molecule has 39 heavy (non-hydrogen) atoms. The Balaban J connectivity index is 1.57. The van der Waals surface area contributed by atoms with Gasteiger partial charge in [-0.1, -0.05) is 115 Å². The van der Waals surface area contributed by atoms with Gasteiger partial charge in [0.25, 0.3) is 5.56 Å². The molecule has 8 aromatic rings. The first-order chi connectivity index (χ1) is 19.3. The lowest BCUT2D eigenvalue weighted by Gasteiger charge is -2.18. The Hall–Kier alpha value is -5.21. The average molecular weight is 498 g/mol. The molecule has 0 aliphatic heterocycles. The molecule has 0 aliphatic rings. The van der Waals surface area contributed by atoms with E-state index in [0.29, 0.717) is 0 Å². The standard InChI is InChI=1S/C37H23NO/c39-37-32-18-9-7-16-29(32)33-23-25(24-11-2-1-3-12-24)21-22-34(33)38(37)35-20-10-19-31-28-14-5-4-13-26(28)27-15-6-8-17-30(27)36(31)35/h1-23H. The van der Waals surface area contributed by atoms with E-state index in [9.17, 15) is 4.79 Å². The van der Waals surface area contributed by atoms with Gasteiger partial charge < -0.3 is 0 Å². The van der Waals surface area contributed by atoms with Crippen LogP contribution in [0.15, 0.2) is 144 Å². The summed E-state index contributed by atoms with van der Waals surface area (Å²) in [5.41, 5.74) is 4.10. The maximum atomic E-state index is 14.3. The van der Waals surface area contributed by atoms with Crippen molar-refractivity contribution >= 4 is 54.0 Å². The monoisotopic (exact) mass is 497 g/mol. The molecular formula is C37H23NO. The third kappa shape index (κ3) is 3.19. The van der Waals surface area contributed by atoms with Crippen LogP contribution in [-0.2, 0) is 0 Å². The van der Waals surface area contributed by atoms with Gasteiger partial charge in [-0.3, -0.25) is 9.36 Å². The largest absolute Gasteiger partial charge is 0.276 e. The van der Waals surface area contributed by atoms with Gasteiger partial charge in [-0.25, -0.2) is 0 Å². The Morgan fingerprint density at radius 2 is 0.897 bits per heavy atom. The van der Waals surface area contributed by atoms with Crippen molar-refractivity contribution in [1.29, 1.82) is 0 Å². The zero-order valence-electron chi connectivity index (χ0n) is 21.1. The fourth-order valence-electron chi connectivity index (χ4n) is 6.25. The summed E-state index contributed by atoms with van der Waals surface area (Å²) >= 11 is 0. The predicted molar refractivity (Wildman–Crippen MR) is 165 cm³/mol. The van der Waals surface area contributed by atoms with Crippen LogP contribution < -0.4 is 5.56 Å². The third-order valence-electron chi connectivity index (χ3n) is 7.98. The van der Waals surface area contributed by atoms with Gasteiger partial charge in [-0.05, 0) is 67.7 Å². The zero-order chi connectivity index (χ0) is 25.9. The van der Waals surface area contributed by atoms with Gasteiger partial charge in [0.05, 0.1) is 11.2 Å². The minimum absolute atomic E-state index is 0.00435. The molecule has 182 valence electrons. The maximum Gasteiger partial charge on any atom is 0.263 e. The van der Waals surface area contributed by atoms with Crippen molar-refractivity contribution in [3.05, 3.63) is 150 Å². The van der Waals surface area contributed by atoms with E-state index in [-0.39, 0.29) is 5.56 Å². The van der Waals surface area contributed by atoms with Gasteiger partial charge in [-0.2, -0.15) is 0 Å². The van der Waals surface area contributed by atoms with Gasteiger partial charge in [0.1, 0.15) is 0 Å². The number of hydrogen-bond donors (Lipinski definition) is 0. The summed E-state index contributed by atoms with van der Waals surface area (Å²) in [7, 11) is 0. The molecule has 0 aliphatic carbocycles. The van der Waals surface area contributed by atoms with Crippen LogP contribution in [0.25, 0.3) is 70.8 Å². The second kappa shape index (κ2) is 8.41. The number of fused-ring (bicyclic) bond motifs is 9. The molecule has 1 aromatic heterocycles. The van der Waals surface area contributed by atoms with Crippen LogP contribution in [0.2, 0.25) is 0 Å². The lowest BCUT2D eigenvalue weighted by Crippen LogP contribution is -2.19. The van der Waals surface area contributed by atoms with Crippen molar-refractivity contribution in [1.82, 2.24) is 4.57 Å². The highest BCUT2D eigenvalue weighted by Gasteiger charge is 2.17. The summed E-state index contributed by atoms with van der Waals surface area (Å²) in [5, 5.41) is 9.76. The number of pyridine rings is 1. The number of hydrogen-bond acceptors (Lipinski definition) is 1. The molecule has 0 saturated carbocycles. The van der Waals surface area contributed by atoms with Gasteiger partial charge in [0, 0.05) is 16.2 Å². The van der Waals surface area contributed by atoms with E-state index in [1.54, 1.807) is 0 Å². The summed E-state index contributed by atoms with van der Waals surface area (Å²) in [6.45, 7) is 0. The first-order valence-electron chi connectivity index (χ1n) is 13.2. The second-order valence-electron chi connectivity index (χ2n) is 10.1. The first-order valence-corrected chi connectivity index (χ1v) is 13.2. The molecule has 8 rings (SSSR count). The van der Waals surface area contributed by atoms with Gasteiger partial charge in [-0.15, -0.1) is 0 Å². The van der Waals surface area contributed by atoms with Crippen molar-refractivity contribution < 1.29 is 0 Å². The van der Waals surface area contributed by atoms with Crippen LogP contribution in [-0.4, -0.2) is 4.57 Å². The van der Waals surface area contributed by atoms with Crippen LogP contribution in [0.3, 0.4) is 0 Å². The van der Waals surface area contributed by atoms with Crippen LogP contribution in [0.4, 0.5) is 0 Å². The van der Waals surface area contributed by atoms with E-state index in [1.807, 2.05) is 28.8 Å². The SMILES string of the molecule is O=c1c2ccccc2c2cc(-c3ccccc3)ccc2n1-c1cccc2c3ccccc3c3ccccc3c12. The minimum Gasteiger partial charge on any atom is -0.276 e. The van der Waals surface area contributed by atoms with Crippen LogP contribution in [0.5, 0.6) is 0 Å². The Kier molecular flexibility index (Phi) is 4.71. The number of benzene rings is 7. The molecule has 0 amide bonds. The quantitative estimate of drug-likeness (QED) is 0.218. The zero-order valence-corrected chi connectivity index (χ0v) is 21.1. The van der Waals surface area contributed by atoms with Crippen molar-refractivity contribution in [2.45, 2.75) is 0 Å². The molecule has 0 spiro atoms. The van der Waals surface area contributed by atoms with Crippen LogP contribution in [0, 0.1) is 0 Å². The lowest BCUT2D eigenvalue weighted by atomic mass is 9.93. The lowest BCUT2D eigenvalue weighted by molar-refractivity contribution is 1.07. The first kappa shape index (κ1) is 21.8. The Labute approximate surface area is 225 Å². The summed E-state index contributed by atoms with van der Waals surface area (Å²) in [6, 6.07) is 48.2. The third-order valence-corrected chi connectivity index (χ3v) is 7.98. The predicted octanol–water partition coefficient (Wildman–Crippen LogP) is 9.27. The summed E-state index contributed by atoms with van der Waals surface area (Å²) in [4.78, 5) is 14.3. The van der Waals surface area contributed by atoms with E-state index in [2.05, 4.69) is 115 Å². The molecule has 2 heteroatoms. The van der Waals surface area contributed by atoms with Crippen molar-refractivity contribution in [3.63, 3.8) is 0 Å². The molecule has 0 saturated heterocycles. The van der Waals surface area contributed by atoms with Crippen LogP contribution >= 0.6 is 0 Å². The molecule has 0 bridgehead atoms. The van der Waals surface area contributed by atoms with Crippen molar-refractivity contribution in [3.8, 4) is 16.8 Å². The van der Waals surface area contributed by atoms with E-state index in [0.717, 1.165) is 54.6 Å². The molecule has 0 radical (unpaired) electrons. The molecule has 0 atom stereocenters. The molecule has 0 unspecified atom stereocenters. The van der Waals surface area contributed by atoms with Gasteiger partial charge in [0.2, 0.25) is 0 Å². The summed E-state index contributed by atoms with van der Waals surface area (Å²) in [6.07, 6.45) is 0. The van der Waals surface area contributed by atoms with Gasteiger partial charge >= 0.3 is 0 Å².